The van der Waals surface area contributed by atoms with Crippen LogP contribution in [0.1, 0.15) is 20.9 Å². The first-order chi connectivity index (χ1) is 9.16. The van der Waals surface area contributed by atoms with E-state index in [1.807, 2.05) is 17.5 Å². The summed E-state index contributed by atoms with van der Waals surface area (Å²) in [5.41, 5.74) is 1.45. The highest BCUT2D eigenvalue weighted by Crippen LogP contribution is 2.18. The third kappa shape index (κ3) is 2.08. The summed E-state index contributed by atoms with van der Waals surface area (Å²) < 4.78 is 1.48. The summed E-state index contributed by atoms with van der Waals surface area (Å²) in [5.74, 6) is 0.0168. The molecule has 2 aromatic heterocycles. The molecule has 1 aliphatic rings. The summed E-state index contributed by atoms with van der Waals surface area (Å²) >= 11 is 1.43. The van der Waals surface area contributed by atoms with E-state index >= 15 is 0 Å². The van der Waals surface area contributed by atoms with Gasteiger partial charge >= 0.3 is 0 Å². The van der Waals surface area contributed by atoms with Gasteiger partial charge in [-0.2, -0.15) is 0 Å². The van der Waals surface area contributed by atoms with Crippen molar-refractivity contribution in [1.82, 2.24) is 14.5 Å². The van der Waals surface area contributed by atoms with Crippen molar-refractivity contribution in [3.05, 3.63) is 50.3 Å². The van der Waals surface area contributed by atoms with Crippen LogP contribution in [0.2, 0.25) is 0 Å². The molecule has 1 amide bonds. The first-order valence-corrected chi connectivity index (χ1v) is 6.91. The Bertz CT molecular complexity index is 676. The maximum atomic E-state index is 12.2. The van der Waals surface area contributed by atoms with E-state index in [2.05, 4.69) is 4.98 Å². The average Bonchev–Trinajstić information content (AvgIpc) is 2.96. The molecule has 0 saturated carbocycles. The maximum Gasteiger partial charge on any atom is 0.264 e. The molecule has 0 atom stereocenters. The van der Waals surface area contributed by atoms with E-state index < -0.39 is 0 Å². The Hall–Kier alpha value is -1.95. The van der Waals surface area contributed by atoms with E-state index in [0.29, 0.717) is 19.5 Å². The Labute approximate surface area is 114 Å². The lowest BCUT2D eigenvalue weighted by atomic mass is 10.1. The summed E-state index contributed by atoms with van der Waals surface area (Å²) in [4.78, 5) is 30.9. The molecule has 3 rings (SSSR count). The van der Waals surface area contributed by atoms with Crippen LogP contribution in [-0.4, -0.2) is 26.9 Å². The number of fused-ring (bicyclic) bond motifs is 1. The fourth-order valence-electron chi connectivity index (χ4n) is 2.25. The van der Waals surface area contributed by atoms with E-state index in [0.717, 1.165) is 16.1 Å². The van der Waals surface area contributed by atoms with Gasteiger partial charge in [0.25, 0.3) is 11.5 Å². The van der Waals surface area contributed by atoms with E-state index in [1.54, 1.807) is 11.9 Å². The van der Waals surface area contributed by atoms with Gasteiger partial charge in [-0.3, -0.25) is 9.59 Å². The van der Waals surface area contributed by atoms with Gasteiger partial charge in [0, 0.05) is 19.2 Å². The second kappa shape index (κ2) is 4.62. The van der Waals surface area contributed by atoms with Gasteiger partial charge in [0.15, 0.2) is 0 Å². The zero-order chi connectivity index (χ0) is 13.4. The predicted octanol–water partition coefficient (Wildman–Crippen LogP) is 1.04. The SMILES string of the molecule is Cn1cnc2c(c1=O)CCN(C(=O)c1cccs1)C2. The average molecular weight is 275 g/mol. The molecule has 0 saturated heterocycles. The van der Waals surface area contributed by atoms with Gasteiger partial charge in [-0.1, -0.05) is 6.07 Å². The Morgan fingerprint density at radius 1 is 1.47 bits per heavy atom. The topological polar surface area (TPSA) is 55.2 Å². The van der Waals surface area contributed by atoms with Crippen LogP contribution in [0.15, 0.2) is 28.6 Å². The Morgan fingerprint density at radius 2 is 2.32 bits per heavy atom. The van der Waals surface area contributed by atoms with E-state index in [9.17, 15) is 9.59 Å². The Balaban J connectivity index is 1.89. The normalized spacial score (nSPS) is 14.3. The molecule has 0 aliphatic carbocycles. The minimum absolute atomic E-state index is 0.00628. The third-order valence-corrected chi connectivity index (χ3v) is 4.16. The molecule has 19 heavy (non-hydrogen) atoms. The lowest BCUT2D eigenvalue weighted by Crippen LogP contribution is -2.39. The standard InChI is InChI=1S/C13H13N3O2S/c1-15-8-14-10-7-16(5-4-9(10)12(15)17)13(18)11-3-2-6-19-11/h2-3,6,8H,4-5,7H2,1H3. The molecule has 0 aromatic carbocycles. The zero-order valence-electron chi connectivity index (χ0n) is 10.5. The number of carbonyl (C=O) groups excluding carboxylic acids is 1. The minimum Gasteiger partial charge on any atom is -0.332 e. The second-order valence-corrected chi connectivity index (χ2v) is 5.49. The van der Waals surface area contributed by atoms with Gasteiger partial charge in [-0.15, -0.1) is 11.3 Å². The van der Waals surface area contributed by atoms with Gasteiger partial charge < -0.3 is 9.47 Å². The van der Waals surface area contributed by atoms with Gasteiger partial charge in [-0.05, 0) is 17.9 Å². The summed E-state index contributed by atoms with van der Waals surface area (Å²) in [6.07, 6.45) is 2.09. The number of hydrogen-bond acceptors (Lipinski definition) is 4. The lowest BCUT2D eigenvalue weighted by molar-refractivity contribution is 0.0736. The fourth-order valence-corrected chi connectivity index (χ4v) is 2.94. The molecule has 0 fully saturated rings. The van der Waals surface area contributed by atoms with Gasteiger partial charge in [0.2, 0.25) is 0 Å². The molecule has 0 radical (unpaired) electrons. The number of thiophene rings is 1. The van der Waals surface area contributed by atoms with Crippen molar-refractivity contribution >= 4 is 17.2 Å². The second-order valence-electron chi connectivity index (χ2n) is 4.54. The number of rotatable bonds is 1. The number of aryl methyl sites for hydroxylation is 1. The number of amides is 1. The Kier molecular flexibility index (Phi) is 2.94. The first-order valence-electron chi connectivity index (χ1n) is 6.03. The summed E-state index contributed by atoms with van der Waals surface area (Å²) in [6, 6.07) is 3.68. The van der Waals surface area contributed by atoms with Crippen molar-refractivity contribution < 1.29 is 4.79 Å². The van der Waals surface area contributed by atoms with Crippen molar-refractivity contribution in [1.29, 1.82) is 0 Å². The molecule has 0 unspecified atom stereocenters. The van der Waals surface area contributed by atoms with Crippen LogP contribution in [-0.2, 0) is 20.0 Å². The molecular weight excluding hydrogens is 262 g/mol. The molecule has 3 heterocycles. The predicted molar refractivity (Wildman–Crippen MR) is 72.2 cm³/mol. The molecule has 2 aromatic rings. The highest BCUT2D eigenvalue weighted by Gasteiger charge is 2.25. The Morgan fingerprint density at radius 3 is 3.05 bits per heavy atom. The molecule has 0 bridgehead atoms. The molecule has 6 heteroatoms. The van der Waals surface area contributed by atoms with Crippen LogP contribution in [0.25, 0.3) is 0 Å². The van der Waals surface area contributed by atoms with Crippen LogP contribution >= 0.6 is 11.3 Å². The molecule has 0 N–H and O–H groups in total. The summed E-state index contributed by atoms with van der Waals surface area (Å²) in [7, 11) is 1.69. The van der Waals surface area contributed by atoms with Crippen LogP contribution < -0.4 is 5.56 Å². The van der Waals surface area contributed by atoms with E-state index in [1.165, 1.54) is 22.2 Å². The van der Waals surface area contributed by atoms with Crippen molar-refractivity contribution in [2.45, 2.75) is 13.0 Å². The first kappa shape index (κ1) is 12.1. The summed E-state index contributed by atoms with van der Waals surface area (Å²) in [5, 5.41) is 1.89. The largest absolute Gasteiger partial charge is 0.332 e. The molecule has 5 nitrogen and oxygen atoms in total. The van der Waals surface area contributed by atoms with Crippen molar-refractivity contribution in [2.75, 3.05) is 6.54 Å². The third-order valence-electron chi connectivity index (χ3n) is 3.31. The van der Waals surface area contributed by atoms with Gasteiger partial charge in [0.05, 0.1) is 23.4 Å². The summed E-state index contributed by atoms with van der Waals surface area (Å²) in [6.45, 7) is 0.993. The molecular formula is C13H13N3O2S. The smallest absolute Gasteiger partial charge is 0.264 e. The van der Waals surface area contributed by atoms with Crippen LogP contribution in [0.3, 0.4) is 0 Å². The van der Waals surface area contributed by atoms with Gasteiger partial charge in [0.1, 0.15) is 0 Å². The van der Waals surface area contributed by atoms with Crippen molar-refractivity contribution in [2.24, 2.45) is 7.05 Å². The highest BCUT2D eigenvalue weighted by molar-refractivity contribution is 7.12. The highest BCUT2D eigenvalue weighted by atomic mass is 32.1. The number of aromatic nitrogens is 2. The minimum atomic E-state index is -0.00628. The van der Waals surface area contributed by atoms with E-state index in [4.69, 9.17) is 0 Å². The van der Waals surface area contributed by atoms with Crippen molar-refractivity contribution in [3.63, 3.8) is 0 Å². The molecule has 98 valence electrons. The number of hydrogen-bond donors (Lipinski definition) is 0. The van der Waals surface area contributed by atoms with Gasteiger partial charge in [-0.25, -0.2) is 4.98 Å². The van der Waals surface area contributed by atoms with Crippen LogP contribution in [0.4, 0.5) is 0 Å². The number of nitrogens with zero attached hydrogens (tertiary/aromatic N) is 3. The monoisotopic (exact) mass is 275 g/mol. The van der Waals surface area contributed by atoms with E-state index in [-0.39, 0.29) is 11.5 Å². The molecule has 1 aliphatic heterocycles. The quantitative estimate of drug-likeness (QED) is 0.781. The lowest BCUT2D eigenvalue weighted by Gasteiger charge is -2.27. The zero-order valence-corrected chi connectivity index (χ0v) is 11.3. The van der Waals surface area contributed by atoms with Crippen LogP contribution in [0, 0.1) is 0 Å². The molecule has 0 spiro atoms. The van der Waals surface area contributed by atoms with Crippen molar-refractivity contribution in [3.8, 4) is 0 Å². The number of carbonyl (C=O) groups is 1. The fraction of sp³-hybridized carbons (Fsp3) is 0.308. The van der Waals surface area contributed by atoms with Crippen LogP contribution in [0.5, 0.6) is 0 Å². The maximum absolute atomic E-state index is 12.2.